The Labute approximate surface area is 52.5 Å². The summed E-state index contributed by atoms with van der Waals surface area (Å²) in [5.74, 6) is 6.71. The highest BCUT2D eigenvalue weighted by atomic mass is 127. The molecule has 44 valence electrons. The van der Waals surface area contributed by atoms with Crippen molar-refractivity contribution in [1.29, 1.82) is 0 Å². The average molecular weight is 215 g/mol. The summed E-state index contributed by atoms with van der Waals surface area (Å²) < 4.78 is 4.23. The summed E-state index contributed by atoms with van der Waals surface area (Å²) in [6, 6.07) is 0. The third-order valence-electron chi connectivity index (χ3n) is 0.360. The van der Waals surface area contributed by atoms with E-state index in [1.807, 2.05) is 0 Å². The molecule has 0 aliphatic carbocycles. The first kappa shape index (κ1) is 7.44. The molecule has 0 aliphatic heterocycles. The van der Waals surface area contributed by atoms with Gasteiger partial charge in [0.2, 0.25) is 0 Å². The molecule has 0 spiro atoms. The zero-order valence-electron chi connectivity index (χ0n) is 3.89. The van der Waals surface area contributed by atoms with Crippen molar-refractivity contribution in [2.75, 3.05) is 7.05 Å². The highest BCUT2D eigenvalue weighted by molar-refractivity contribution is 14.2. The molecule has 0 unspecified atom stereocenters. The zero-order chi connectivity index (χ0) is 5.86. The molecular formula is C2H6IN3O-2. The first-order valence-corrected chi connectivity index (χ1v) is 3.98. The minimum Gasteiger partial charge on any atom is -0.772 e. The molecule has 0 aromatic rings. The normalized spacial score (nSPS) is 11.0. The summed E-state index contributed by atoms with van der Waals surface area (Å²) in [5.41, 5.74) is 0. The molecule has 0 saturated heterocycles. The maximum Gasteiger partial charge on any atom is -0.0126 e. The van der Waals surface area contributed by atoms with Crippen LogP contribution in [0.3, 0.4) is 0 Å². The Morgan fingerprint density at radius 1 is 1.86 bits per heavy atom. The smallest absolute Gasteiger partial charge is 0.0126 e. The first-order chi connectivity index (χ1) is 3.18. The number of nitrogens with one attached hydrogen (secondary N) is 1. The van der Waals surface area contributed by atoms with Crippen molar-refractivity contribution in [2.24, 2.45) is 0 Å². The summed E-state index contributed by atoms with van der Waals surface area (Å²) in [6.07, 6.45) is 0. The molecule has 0 amide bonds. The lowest BCUT2D eigenvalue weighted by Gasteiger charge is -2.36. The van der Waals surface area contributed by atoms with E-state index in [-0.39, 0.29) is 0 Å². The van der Waals surface area contributed by atoms with Crippen LogP contribution in [0.2, 0.25) is 0 Å². The van der Waals surface area contributed by atoms with Gasteiger partial charge < -0.3 is 19.6 Å². The predicted molar refractivity (Wildman–Crippen MR) is 38.4 cm³/mol. The molecule has 0 bridgehead atoms. The number of hydrogen-bond donors (Lipinski definition) is 0. The van der Waals surface area contributed by atoms with Crippen molar-refractivity contribution in [2.45, 2.75) is 0 Å². The number of rotatable bonds is 2. The van der Waals surface area contributed by atoms with Gasteiger partial charge in [-0.05, 0) is 28.1 Å². The summed E-state index contributed by atoms with van der Waals surface area (Å²) in [4.78, 5) is 0. The van der Waals surface area contributed by atoms with Crippen LogP contribution in [0.1, 0.15) is 0 Å². The number of hydrogen-bond acceptors (Lipinski definition) is 3. The van der Waals surface area contributed by atoms with E-state index in [1.54, 1.807) is 0 Å². The van der Waals surface area contributed by atoms with E-state index in [2.05, 4.69) is 4.51 Å². The third-order valence-corrected chi connectivity index (χ3v) is 1.61. The lowest BCUT2D eigenvalue weighted by molar-refractivity contribution is 0.266. The maximum absolute atomic E-state index is 10.0. The molecule has 0 fully saturated rings. The lowest BCUT2D eigenvalue weighted by atomic mass is 11.5. The SMILES string of the molecule is C=IN([NH-])N(C)[O-]. The quantitative estimate of drug-likeness (QED) is 0.391. The van der Waals surface area contributed by atoms with Gasteiger partial charge >= 0.3 is 0 Å². The fraction of sp³-hybridized carbons (Fsp3) is 0.500. The van der Waals surface area contributed by atoms with Gasteiger partial charge in [-0.25, -0.2) is 0 Å². The second-order valence-corrected chi connectivity index (χ2v) is 2.44. The lowest BCUT2D eigenvalue weighted by Crippen LogP contribution is -2.18. The minimum atomic E-state index is -0.632. The van der Waals surface area contributed by atoms with E-state index < -0.39 is 21.0 Å². The Morgan fingerprint density at radius 3 is 2.29 bits per heavy atom. The van der Waals surface area contributed by atoms with Crippen LogP contribution < -0.4 is 0 Å². The standard InChI is InChI=1S/C2H6IN3O/c1-3-6(4)5(2)7/h4H,1H2,2H3/q-2. The minimum absolute atomic E-state index is 0.459. The van der Waals surface area contributed by atoms with E-state index in [0.717, 1.165) is 3.33 Å². The van der Waals surface area contributed by atoms with Gasteiger partial charge in [0.1, 0.15) is 0 Å². The van der Waals surface area contributed by atoms with Crippen molar-refractivity contribution in [1.82, 2.24) is 8.50 Å². The fourth-order valence-electron chi connectivity index (χ4n) is 0.0753. The second-order valence-electron chi connectivity index (χ2n) is 0.844. The van der Waals surface area contributed by atoms with E-state index in [1.165, 1.54) is 7.05 Å². The molecule has 5 heteroatoms. The highest BCUT2D eigenvalue weighted by Crippen LogP contribution is 2.04. The molecule has 7 heavy (non-hydrogen) atoms. The van der Waals surface area contributed by atoms with Gasteiger partial charge in [0, 0.05) is 0 Å². The number of hydroxylamine groups is 1. The fourth-order valence-corrected chi connectivity index (χ4v) is 0.505. The monoisotopic (exact) mass is 215 g/mol. The molecule has 4 nitrogen and oxygen atoms in total. The van der Waals surface area contributed by atoms with E-state index in [0.29, 0.717) is 5.17 Å². The highest BCUT2D eigenvalue weighted by Gasteiger charge is 1.73. The molecule has 0 aromatic heterocycles. The Balaban J connectivity index is 3.33. The molecule has 0 rings (SSSR count). The van der Waals surface area contributed by atoms with Crippen LogP contribution >= 0.6 is 21.0 Å². The van der Waals surface area contributed by atoms with E-state index in [9.17, 15) is 5.21 Å². The van der Waals surface area contributed by atoms with Gasteiger partial charge in [0.05, 0.1) is 0 Å². The summed E-state index contributed by atoms with van der Waals surface area (Å²) in [7, 11) is 1.28. The Hall–Kier alpha value is 0.440. The molecule has 1 N–H and O–H groups in total. The second kappa shape index (κ2) is 3.44. The topological polar surface area (TPSA) is 53.3 Å². The summed E-state index contributed by atoms with van der Waals surface area (Å²) in [6.45, 7) is 0. The zero-order valence-corrected chi connectivity index (χ0v) is 6.05. The van der Waals surface area contributed by atoms with Gasteiger partial charge in [0.15, 0.2) is 0 Å². The van der Waals surface area contributed by atoms with Crippen molar-refractivity contribution < 1.29 is 0 Å². The van der Waals surface area contributed by atoms with Crippen LogP contribution in [0, 0.1) is 5.21 Å². The van der Waals surface area contributed by atoms with Crippen molar-refractivity contribution in [3.05, 3.63) is 11.0 Å². The van der Waals surface area contributed by atoms with Crippen molar-refractivity contribution >= 4 is 25.5 Å². The van der Waals surface area contributed by atoms with Gasteiger partial charge in [-0.3, -0.25) is 0 Å². The van der Waals surface area contributed by atoms with Crippen molar-refractivity contribution in [3.63, 3.8) is 0 Å². The Bertz CT molecular complexity index is 66.0. The largest absolute Gasteiger partial charge is 0.772 e. The third kappa shape index (κ3) is 3.06. The van der Waals surface area contributed by atoms with E-state index >= 15 is 0 Å². The predicted octanol–water partition coefficient (Wildman–Crippen LogP) is 0.918. The van der Waals surface area contributed by atoms with Crippen molar-refractivity contribution in [3.8, 4) is 0 Å². The van der Waals surface area contributed by atoms with Crippen LogP contribution in [0.25, 0.3) is 5.84 Å². The Morgan fingerprint density at radius 2 is 2.29 bits per heavy atom. The molecule has 0 heterocycles. The van der Waals surface area contributed by atoms with Crippen LogP contribution in [-0.4, -0.2) is 20.1 Å². The van der Waals surface area contributed by atoms with Crippen LogP contribution in [-0.2, 0) is 0 Å². The molecule has 0 aromatic carbocycles. The van der Waals surface area contributed by atoms with Gasteiger partial charge in [0.25, 0.3) is 0 Å². The van der Waals surface area contributed by atoms with Gasteiger partial charge in [-0.15, -0.1) is 0 Å². The number of hydrazine groups is 1. The summed E-state index contributed by atoms with van der Waals surface area (Å²) in [5, 5.41) is 10.5. The first-order valence-electron chi connectivity index (χ1n) is 1.49. The molecule has 0 radical (unpaired) electrons. The molecule has 0 aliphatic rings. The maximum atomic E-state index is 10.0. The molecule has 0 atom stereocenters. The number of halogens is 1. The number of nitrogens with zero attached hydrogens (tertiary/aromatic N) is 2. The van der Waals surface area contributed by atoms with Crippen LogP contribution in [0.4, 0.5) is 0 Å². The van der Waals surface area contributed by atoms with Gasteiger partial charge in [-0.2, -0.15) is 0 Å². The van der Waals surface area contributed by atoms with Crippen LogP contribution in [0.15, 0.2) is 0 Å². The summed E-state index contributed by atoms with van der Waals surface area (Å²) >= 11 is -0.632. The van der Waals surface area contributed by atoms with Crippen LogP contribution in [0.5, 0.6) is 0 Å². The molecule has 0 saturated carbocycles. The molecular weight excluding hydrogens is 209 g/mol. The van der Waals surface area contributed by atoms with Gasteiger partial charge in [-0.1, -0.05) is 4.51 Å². The Kier molecular flexibility index (Phi) is 3.66. The average Bonchev–Trinajstić information content (AvgIpc) is 1.65. The van der Waals surface area contributed by atoms with E-state index in [4.69, 9.17) is 5.84 Å².